The third-order valence-corrected chi connectivity index (χ3v) is 3.33. The summed E-state index contributed by atoms with van der Waals surface area (Å²) in [5.41, 5.74) is -0.0259. The summed E-state index contributed by atoms with van der Waals surface area (Å²) in [5.74, 6) is 0.489. The molecule has 76 valence electrons. The number of hydrogen-bond donors (Lipinski definition) is 0. The number of rotatable bonds is 2. The molecule has 1 heterocycles. The second-order valence-corrected chi connectivity index (χ2v) is 4.66. The molecule has 1 rings (SSSR count). The molecule has 1 saturated heterocycles. The Hall–Kier alpha value is -0.730. The highest BCUT2D eigenvalue weighted by Gasteiger charge is 2.38. The van der Waals surface area contributed by atoms with E-state index >= 15 is 0 Å². The predicted octanol–water partition coefficient (Wildman–Crippen LogP) is 1.79. The standard InChI is InChI=1S/C10H20N2O/c1-8(2)10(3,4)12-7-6-11(5)9(12)13/h8H,6-7H2,1-5H3. The minimum atomic E-state index is -0.0259. The molecular formula is C10H20N2O. The van der Waals surface area contributed by atoms with Gasteiger partial charge in [-0.2, -0.15) is 0 Å². The number of nitrogens with zero attached hydrogens (tertiary/aromatic N) is 2. The van der Waals surface area contributed by atoms with Crippen LogP contribution >= 0.6 is 0 Å². The molecule has 0 aromatic carbocycles. The van der Waals surface area contributed by atoms with E-state index in [4.69, 9.17) is 0 Å². The minimum absolute atomic E-state index is 0.0259. The zero-order valence-electron chi connectivity index (χ0n) is 9.29. The summed E-state index contributed by atoms with van der Waals surface area (Å²) in [4.78, 5) is 15.5. The molecule has 0 atom stereocenters. The van der Waals surface area contributed by atoms with E-state index in [2.05, 4.69) is 27.7 Å². The van der Waals surface area contributed by atoms with Crippen molar-refractivity contribution in [2.45, 2.75) is 33.2 Å². The fraction of sp³-hybridized carbons (Fsp3) is 0.900. The second-order valence-electron chi connectivity index (χ2n) is 4.66. The van der Waals surface area contributed by atoms with Gasteiger partial charge in [-0.3, -0.25) is 0 Å². The summed E-state index contributed by atoms with van der Waals surface area (Å²) >= 11 is 0. The number of amides is 2. The average molecular weight is 184 g/mol. The van der Waals surface area contributed by atoms with Gasteiger partial charge in [0.05, 0.1) is 0 Å². The van der Waals surface area contributed by atoms with Gasteiger partial charge in [0.2, 0.25) is 0 Å². The van der Waals surface area contributed by atoms with Gasteiger partial charge >= 0.3 is 6.03 Å². The van der Waals surface area contributed by atoms with Gasteiger partial charge in [-0.25, -0.2) is 4.79 Å². The van der Waals surface area contributed by atoms with Gasteiger partial charge in [-0.05, 0) is 19.8 Å². The first kappa shape index (κ1) is 10.4. The maximum Gasteiger partial charge on any atom is 0.320 e. The van der Waals surface area contributed by atoms with Gasteiger partial charge in [0.1, 0.15) is 0 Å². The lowest BCUT2D eigenvalue weighted by Crippen LogP contribution is -2.49. The Bertz CT molecular complexity index is 211. The van der Waals surface area contributed by atoms with E-state index in [-0.39, 0.29) is 11.6 Å². The molecule has 0 aliphatic carbocycles. The first-order valence-corrected chi connectivity index (χ1v) is 4.90. The maximum atomic E-state index is 11.7. The van der Waals surface area contributed by atoms with Crippen LogP contribution in [0.4, 0.5) is 4.79 Å². The molecule has 0 aromatic rings. The van der Waals surface area contributed by atoms with Crippen LogP contribution < -0.4 is 0 Å². The van der Waals surface area contributed by atoms with Crippen LogP contribution in [0.15, 0.2) is 0 Å². The molecule has 0 aromatic heterocycles. The molecule has 0 saturated carbocycles. The second kappa shape index (κ2) is 3.20. The van der Waals surface area contributed by atoms with Crippen molar-refractivity contribution >= 4 is 6.03 Å². The maximum absolute atomic E-state index is 11.7. The van der Waals surface area contributed by atoms with Crippen LogP contribution in [-0.2, 0) is 0 Å². The summed E-state index contributed by atoms with van der Waals surface area (Å²) in [6.07, 6.45) is 0. The average Bonchev–Trinajstić information content (AvgIpc) is 2.33. The van der Waals surface area contributed by atoms with Crippen molar-refractivity contribution < 1.29 is 4.79 Å². The van der Waals surface area contributed by atoms with Gasteiger partial charge < -0.3 is 9.80 Å². The van der Waals surface area contributed by atoms with Crippen LogP contribution in [-0.4, -0.2) is 41.5 Å². The molecule has 0 bridgehead atoms. The highest BCUT2D eigenvalue weighted by Crippen LogP contribution is 2.27. The number of likely N-dealkylation sites (N-methyl/N-ethyl adjacent to an activating group) is 1. The van der Waals surface area contributed by atoms with Gasteiger partial charge in [0.15, 0.2) is 0 Å². The topological polar surface area (TPSA) is 23.6 Å². The van der Waals surface area contributed by atoms with E-state index in [0.717, 1.165) is 13.1 Å². The van der Waals surface area contributed by atoms with E-state index in [9.17, 15) is 4.79 Å². The summed E-state index contributed by atoms with van der Waals surface area (Å²) in [7, 11) is 1.86. The smallest absolute Gasteiger partial charge is 0.320 e. The number of hydrogen-bond acceptors (Lipinski definition) is 1. The molecule has 2 amide bonds. The first-order valence-electron chi connectivity index (χ1n) is 4.90. The zero-order valence-corrected chi connectivity index (χ0v) is 9.29. The van der Waals surface area contributed by atoms with Crippen molar-refractivity contribution in [1.82, 2.24) is 9.80 Å². The Morgan fingerprint density at radius 3 is 2.15 bits per heavy atom. The number of urea groups is 1. The van der Waals surface area contributed by atoms with Gasteiger partial charge in [-0.15, -0.1) is 0 Å². The molecule has 0 unspecified atom stereocenters. The molecule has 1 aliphatic rings. The lowest BCUT2D eigenvalue weighted by atomic mass is 9.89. The summed E-state index contributed by atoms with van der Waals surface area (Å²) in [5, 5.41) is 0. The normalized spacial score (nSPS) is 19.1. The van der Waals surface area contributed by atoms with Crippen molar-refractivity contribution in [1.29, 1.82) is 0 Å². The first-order chi connectivity index (χ1) is 5.87. The summed E-state index contributed by atoms with van der Waals surface area (Å²) < 4.78 is 0. The molecule has 0 spiro atoms. The Morgan fingerprint density at radius 2 is 1.85 bits per heavy atom. The lowest BCUT2D eigenvalue weighted by Gasteiger charge is -2.38. The van der Waals surface area contributed by atoms with Gasteiger partial charge in [0.25, 0.3) is 0 Å². The Kier molecular flexibility index (Phi) is 2.55. The zero-order chi connectivity index (χ0) is 10.2. The van der Waals surface area contributed by atoms with Crippen molar-refractivity contribution in [3.05, 3.63) is 0 Å². The van der Waals surface area contributed by atoms with Crippen molar-refractivity contribution in [3.8, 4) is 0 Å². The largest absolute Gasteiger partial charge is 0.326 e. The van der Waals surface area contributed by atoms with E-state index < -0.39 is 0 Å². The number of carbonyl (C=O) groups is 1. The molecule has 0 N–H and O–H groups in total. The van der Waals surface area contributed by atoms with Crippen LogP contribution in [0, 0.1) is 5.92 Å². The monoisotopic (exact) mass is 184 g/mol. The predicted molar refractivity (Wildman–Crippen MR) is 53.6 cm³/mol. The van der Waals surface area contributed by atoms with E-state index in [0.29, 0.717) is 5.92 Å². The van der Waals surface area contributed by atoms with Crippen LogP contribution in [0.5, 0.6) is 0 Å². The lowest BCUT2D eigenvalue weighted by molar-refractivity contribution is 0.118. The third-order valence-electron chi connectivity index (χ3n) is 3.33. The van der Waals surface area contributed by atoms with Crippen LogP contribution in [0.25, 0.3) is 0 Å². The van der Waals surface area contributed by atoms with Gasteiger partial charge in [-0.1, -0.05) is 13.8 Å². The molecule has 3 nitrogen and oxygen atoms in total. The summed E-state index contributed by atoms with van der Waals surface area (Å²) in [6, 6.07) is 0.165. The summed E-state index contributed by atoms with van der Waals surface area (Å²) in [6.45, 7) is 10.3. The van der Waals surface area contributed by atoms with Crippen molar-refractivity contribution in [3.63, 3.8) is 0 Å². The fourth-order valence-electron chi connectivity index (χ4n) is 1.49. The van der Waals surface area contributed by atoms with Crippen LogP contribution in [0.2, 0.25) is 0 Å². The molecular weight excluding hydrogens is 164 g/mol. The highest BCUT2D eigenvalue weighted by molar-refractivity contribution is 5.77. The molecule has 0 radical (unpaired) electrons. The third kappa shape index (κ3) is 1.64. The van der Waals surface area contributed by atoms with Crippen LogP contribution in [0.3, 0.4) is 0 Å². The van der Waals surface area contributed by atoms with Crippen molar-refractivity contribution in [2.24, 2.45) is 5.92 Å². The molecule has 1 fully saturated rings. The molecule has 1 aliphatic heterocycles. The quantitative estimate of drug-likeness (QED) is 0.641. The minimum Gasteiger partial charge on any atom is -0.326 e. The Morgan fingerprint density at radius 1 is 1.31 bits per heavy atom. The SMILES string of the molecule is CC(C)C(C)(C)N1CCN(C)C1=O. The fourth-order valence-corrected chi connectivity index (χ4v) is 1.49. The van der Waals surface area contributed by atoms with E-state index in [1.54, 1.807) is 4.90 Å². The molecule has 13 heavy (non-hydrogen) atoms. The van der Waals surface area contributed by atoms with E-state index in [1.807, 2.05) is 11.9 Å². The van der Waals surface area contributed by atoms with Crippen LogP contribution in [0.1, 0.15) is 27.7 Å². The Balaban J connectivity index is 2.78. The van der Waals surface area contributed by atoms with E-state index in [1.165, 1.54) is 0 Å². The van der Waals surface area contributed by atoms with Gasteiger partial charge in [0, 0.05) is 25.7 Å². The number of carbonyl (C=O) groups excluding carboxylic acids is 1. The molecule has 3 heteroatoms. The highest BCUT2D eigenvalue weighted by atomic mass is 16.2. The van der Waals surface area contributed by atoms with Crippen molar-refractivity contribution in [2.75, 3.05) is 20.1 Å². The Labute approximate surface area is 80.7 Å².